The number of hydrogen-bond donors (Lipinski definition) is 2. The highest BCUT2D eigenvalue weighted by Gasteiger charge is 2.26. The van der Waals surface area contributed by atoms with E-state index in [4.69, 9.17) is 11.5 Å². The van der Waals surface area contributed by atoms with Crippen molar-refractivity contribution < 1.29 is 9.59 Å². The van der Waals surface area contributed by atoms with Gasteiger partial charge in [-0.25, -0.2) is 0 Å². The van der Waals surface area contributed by atoms with Gasteiger partial charge in [0, 0.05) is 6.42 Å². The van der Waals surface area contributed by atoms with Crippen LogP contribution in [0.4, 0.5) is 5.00 Å². The molecule has 0 spiro atoms. The molecule has 4 nitrogen and oxygen atoms in total. The van der Waals surface area contributed by atoms with E-state index in [0.717, 1.165) is 18.4 Å². The predicted molar refractivity (Wildman–Crippen MR) is 54.5 cm³/mol. The molecule has 1 aliphatic rings. The molecule has 74 valence electrons. The zero-order valence-electron chi connectivity index (χ0n) is 7.50. The van der Waals surface area contributed by atoms with E-state index in [9.17, 15) is 9.59 Å². The van der Waals surface area contributed by atoms with E-state index < -0.39 is 5.91 Å². The largest absolute Gasteiger partial charge is 0.390 e. The molecule has 0 radical (unpaired) electrons. The van der Waals surface area contributed by atoms with Crippen LogP contribution in [0.15, 0.2) is 0 Å². The number of thiophene rings is 1. The molecule has 0 unspecified atom stereocenters. The Labute approximate surface area is 84.9 Å². The summed E-state index contributed by atoms with van der Waals surface area (Å²) < 4.78 is 0. The highest BCUT2D eigenvalue weighted by molar-refractivity contribution is 7.18. The normalized spacial score (nSPS) is 15.3. The van der Waals surface area contributed by atoms with E-state index >= 15 is 0 Å². The monoisotopic (exact) mass is 210 g/mol. The summed E-state index contributed by atoms with van der Waals surface area (Å²) in [5.41, 5.74) is 12.0. The molecule has 1 aromatic heterocycles. The second-order valence-electron chi connectivity index (χ2n) is 3.29. The Morgan fingerprint density at radius 2 is 2.07 bits per heavy atom. The SMILES string of the molecule is NC(=O)c1c(N)sc2c1CCCC2=O. The molecule has 14 heavy (non-hydrogen) atoms. The van der Waals surface area contributed by atoms with Crippen molar-refractivity contribution in [1.82, 2.24) is 0 Å². The van der Waals surface area contributed by atoms with Gasteiger partial charge in [-0.15, -0.1) is 11.3 Å². The van der Waals surface area contributed by atoms with Gasteiger partial charge >= 0.3 is 0 Å². The first-order chi connectivity index (χ1) is 6.61. The van der Waals surface area contributed by atoms with Gasteiger partial charge in [-0.05, 0) is 18.4 Å². The van der Waals surface area contributed by atoms with Crippen molar-refractivity contribution in [1.29, 1.82) is 0 Å². The average molecular weight is 210 g/mol. The van der Waals surface area contributed by atoms with Gasteiger partial charge in [-0.1, -0.05) is 0 Å². The van der Waals surface area contributed by atoms with Gasteiger partial charge in [0.2, 0.25) is 0 Å². The Kier molecular flexibility index (Phi) is 2.03. The molecule has 0 aliphatic heterocycles. The summed E-state index contributed by atoms with van der Waals surface area (Å²) >= 11 is 1.18. The van der Waals surface area contributed by atoms with Gasteiger partial charge in [0.25, 0.3) is 5.91 Å². The van der Waals surface area contributed by atoms with Crippen LogP contribution in [0.25, 0.3) is 0 Å². The Balaban J connectivity index is 2.63. The van der Waals surface area contributed by atoms with E-state index in [1.807, 2.05) is 0 Å². The predicted octanol–water partition coefficient (Wildman–Crippen LogP) is 0.948. The van der Waals surface area contributed by atoms with E-state index in [1.54, 1.807) is 0 Å². The molecule has 4 N–H and O–H groups in total. The summed E-state index contributed by atoms with van der Waals surface area (Å²) in [5, 5.41) is 0.373. The first-order valence-electron chi connectivity index (χ1n) is 4.35. The number of primary amides is 1. The van der Waals surface area contributed by atoms with Crippen molar-refractivity contribution in [2.24, 2.45) is 5.73 Å². The number of ketones is 1. The van der Waals surface area contributed by atoms with Gasteiger partial charge in [0.05, 0.1) is 15.4 Å². The van der Waals surface area contributed by atoms with Crippen LogP contribution in [0.1, 0.15) is 38.4 Å². The first kappa shape index (κ1) is 9.21. The number of nitrogen functional groups attached to an aromatic ring is 1. The molecular weight excluding hydrogens is 200 g/mol. The first-order valence-corrected chi connectivity index (χ1v) is 5.17. The van der Waals surface area contributed by atoms with Crippen molar-refractivity contribution in [3.63, 3.8) is 0 Å². The topological polar surface area (TPSA) is 86.2 Å². The number of fused-ring (bicyclic) bond motifs is 1. The molecule has 1 aromatic rings. The van der Waals surface area contributed by atoms with E-state index in [0.29, 0.717) is 21.9 Å². The summed E-state index contributed by atoms with van der Waals surface area (Å²) in [6.45, 7) is 0. The number of Topliss-reactive ketones (excluding diaryl/α,β-unsaturated/α-hetero) is 1. The van der Waals surface area contributed by atoms with Crippen LogP contribution in [-0.4, -0.2) is 11.7 Å². The maximum absolute atomic E-state index is 11.5. The zero-order chi connectivity index (χ0) is 10.3. The number of nitrogens with two attached hydrogens (primary N) is 2. The van der Waals surface area contributed by atoms with Crippen LogP contribution in [0, 0.1) is 0 Å². The molecular formula is C9H10N2O2S. The van der Waals surface area contributed by atoms with Crippen molar-refractivity contribution >= 4 is 28.0 Å². The fourth-order valence-corrected chi connectivity index (χ4v) is 2.85. The highest BCUT2D eigenvalue weighted by Crippen LogP contribution is 2.35. The Hall–Kier alpha value is -1.36. The Bertz CT molecular complexity index is 423. The van der Waals surface area contributed by atoms with Crippen molar-refractivity contribution in [2.75, 3.05) is 5.73 Å². The lowest BCUT2D eigenvalue weighted by molar-refractivity contribution is 0.0977. The van der Waals surface area contributed by atoms with Gasteiger partial charge in [-0.2, -0.15) is 0 Å². The Morgan fingerprint density at radius 1 is 1.36 bits per heavy atom. The second kappa shape index (κ2) is 3.09. The van der Waals surface area contributed by atoms with Gasteiger partial charge < -0.3 is 11.5 Å². The summed E-state index contributed by atoms with van der Waals surface area (Å²) in [5.74, 6) is -0.454. The second-order valence-corrected chi connectivity index (χ2v) is 4.34. The highest BCUT2D eigenvalue weighted by atomic mass is 32.1. The third kappa shape index (κ3) is 1.21. The van der Waals surface area contributed by atoms with Crippen molar-refractivity contribution in [2.45, 2.75) is 19.3 Å². The fourth-order valence-electron chi connectivity index (χ4n) is 1.76. The lowest BCUT2D eigenvalue weighted by Gasteiger charge is -2.09. The fraction of sp³-hybridized carbons (Fsp3) is 0.333. The molecule has 0 bridgehead atoms. The summed E-state index contributed by atoms with van der Waals surface area (Å²) in [7, 11) is 0. The molecule has 2 rings (SSSR count). The minimum absolute atomic E-state index is 0.0791. The number of hydrogen-bond acceptors (Lipinski definition) is 4. The molecule has 0 fully saturated rings. The third-order valence-electron chi connectivity index (χ3n) is 2.36. The maximum atomic E-state index is 11.5. The molecule has 0 atom stereocenters. The van der Waals surface area contributed by atoms with Crippen LogP contribution < -0.4 is 11.5 Å². The molecule has 0 aromatic carbocycles. The molecule has 0 saturated heterocycles. The van der Waals surface area contributed by atoms with E-state index in [-0.39, 0.29) is 5.78 Å². The number of carbonyl (C=O) groups excluding carboxylic acids is 2. The maximum Gasteiger partial charge on any atom is 0.251 e. The van der Waals surface area contributed by atoms with Crippen molar-refractivity contribution in [3.05, 3.63) is 16.0 Å². The standard InChI is InChI=1S/C9H10N2O2S/c10-8(13)6-4-2-1-3-5(12)7(4)14-9(6)11/h1-3,11H2,(H2,10,13). The summed E-state index contributed by atoms with van der Waals surface area (Å²) in [6, 6.07) is 0. The molecule has 1 aliphatic carbocycles. The van der Waals surface area contributed by atoms with E-state index in [1.165, 1.54) is 11.3 Å². The molecule has 1 heterocycles. The molecule has 1 amide bonds. The Morgan fingerprint density at radius 3 is 2.71 bits per heavy atom. The van der Waals surface area contributed by atoms with Crippen LogP contribution in [-0.2, 0) is 6.42 Å². The zero-order valence-corrected chi connectivity index (χ0v) is 8.32. The molecule has 5 heteroatoms. The van der Waals surface area contributed by atoms with Gasteiger partial charge in [-0.3, -0.25) is 9.59 Å². The summed E-state index contributed by atoms with van der Waals surface area (Å²) in [6.07, 6.45) is 2.06. The number of amides is 1. The lowest BCUT2D eigenvalue weighted by atomic mass is 9.94. The van der Waals surface area contributed by atoms with E-state index in [2.05, 4.69) is 0 Å². The quantitative estimate of drug-likeness (QED) is 0.723. The minimum atomic E-state index is -0.533. The van der Waals surface area contributed by atoms with Crippen LogP contribution in [0.2, 0.25) is 0 Å². The number of carbonyl (C=O) groups is 2. The average Bonchev–Trinajstić information content (AvgIpc) is 2.42. The lowest BCUT2D eigenvalue weighted by Crippen LogP contribution is -2.16. The minimum Gasteiger partial charge on any atom is -0.390 e. The smallest absolute Gasteiger partial charge is 0.251 e. The van der Waals surface area contributed by atoms with Crippen LogP contribution in [0.3, 0.4) is 0 Å². The number of anilines is 1. The van der Waals surface area contributed by atoms with Gasteiger partial charge in [0.15, 0.2) is 5.78 Å². The van der Waals surface area contributed by atoms with Crippen LogP contribution >= 0.6 is 11.3 Å². The molecule has 0 saturated carbocycles. The van der Waals surface area contributed by atoms with Crippen LogP contribution in [0.5, 0.6) is 0 Å². The van der Waals surface area contributed by atoms with Crippen molar-refractivity contribution in [3.8, 4) is 0 Å². The summed E-state index contributed by atoms with van der Waals surface area (Å²) in [4.78, 5) is 23.2. The third-order valence-corrected chi connectivity index (χ3v) is 3.47. The number of rotatable bonds is 1. The van der Waals surface area contributed by atoms with Gasteiger partial charge in [0.1, 0.15) is 0 Å².